The van der Waals surface area contributed by atoms with Gasteiger partial charge in [0.25, 0.3) is 0 Å². The third-order valence-electron chi connectivity index (χ3n) is 1.63. The minimum atomic E-state index is -0.169. The Bertz CT molecular complexity index is 344. The topological polar surface area (TPSA) is 0 Å². The summed E-state index contributed by atoms with van der Waals surface area (Å²) >= 11 is 3.73. The quantitative estimate of drug-likeness (QED) is 0.428. The molecule has 0 aromatic heterocycles. The van der Waals surface area contributed by atoms with Crippen LogP contribution in [0.2, 0.25) is 0 Å². The van der Waals surface area contributed by atoms with Gasteiger partial charge in [-0.2, -0.15) is 0 Å². The first-order valence-electron chi connectivity index (χ1n) is 4.43. The summed E-state index contributed by atoms with van der Waals surface area (Å²) in [6.45, 7) is 0. The Labute approximate surface area is 146 Å². The predicted molar refractivity (Wildman–Crippen MR) is 63.6 cm³/mol. The third kappa shape index (κ3) is 8.51. The Morgan fingerprint density at radius 3 is 1.00 bits per heavy atom. The number of halogens is 2. The average Bonchev–Trinajstić information content (AvgIpc) is 2.28. The maximum Gasteiger partial charge on any atom is 0 e. The van der Waals surface area contributed by atoms with Crippen LogP contribution in [0.25, 0.3) is 0 Å². The summed E-state index contributed by atoms with van der Waals surface area (Å²) in [4.78, 5) is 0. The van der Waals surface area contributed by atoms with Crippen LogP contribution < -0.4 is 7.22 Å². The van der Waals surface area contributed by atoms with E-state index < -0.39 is 0 Å². The molecule has 0 saturated heterocycles. The molecule has 0 nitrogen and oxygen atoms in total. The van der Waals surface area contributed by atoms with E-state index in [2.05, 4.69) is 0 Å². The first-order valence-corrected chi connectivity index (χ1v) is 6.76. The summed E-state index contributed by atoms with van der Waals surface area (Å²) < 4.78 is 26.4. The van der Waals surface area contributed by atoms with E-state index in [0.717, 1.165) is 7.22 Å². The molecule has 0 N–H and O–H groups in total. The second-order valence-electron chi connectivity index (χ2n) is 2.91. The van der Waals surface area contributed by atoms with Gasteiger partial charge < -0.3 is 0 Å². The molecule has 0 saturated carbocycles. The molecule has 0 aliphatic rings. The van der Waals surface area contributed by atoms with Crippen LogP contribution in [0.1, 0.15) is 0 Å². The van der Waals surface area contributed by atoms with Crippen molar-refractivity contribution in [3.05, 3.63) is 60.2 Å². The van der Waals surface area contributed by atoms with Crippen LogP contribution in [0.15, 0.2) is 48.5 Å². The van der Waals surface area contributed by atoms with E-state index in [0.29, 0.717) is 0 Å². The maximum absolute atomic E-state index is 12.1. The molecule has 0 aliphatic heterocycles. The van der Waals surface area contributed by atoms with Crippen molar-refractivity contribution >= 4 is 51.8 Å². The van der Waals surface area contributed by atoms with Gasteiger partial charge in [0, 0.05) is 27.3 Å². The van der Waals surface area contributed by atoms with Gasteiger partial charge in [-0.1, -0.05) is 0 Å². The zero-order valence-corrected chi connectivity index (χ0v) is 17.6. The second kappa shape index (κ2) is 9.69. The SMILES string of the molecule is Fc1ccc([Te])cc1.Fc1ccc([Te])cc1.[Cd]. The van der Waals surface area contributed by atoms with Crippen molar-refractivity contribution < 1.29 is 36.1 Å². The van der Waals surface area contributed by atoms with Crippen molar-refractivity contribution in [2.75, 3.05) is 0 Å². The van der Waals surface area contributed by atoms with Gasteiger partial charge in [-0.15, -0.1) is 0 Å². The minimum absolute atomic E-state index is 0. The largest absolute Gasteiger partial charge is 0 e. The summed E-state index contributed by atoms with van der Waals surface area (Å²) in [5, 5.41) is 0. The van der Waals surface area contributed by atoms with Gasteiger partial charge in [0.2, 0.25) is 0 Å². The normalized spacial score (nSPS) is 8.59. The van der Waals surface area contributed by atoms with Crippen molar-refractivity contribution in [1.82, 2.24) is 0 Å². The number of hydrogen-bond acceptors (Lipinski definition) is 0. The average molecular weight is 558 g/mol. The molecule has 17 heavy (non-hydrogen) atoms. The number of hydrogen-bond donors (Lipinski definition) is 0. The molecule has 5 heteroatoms. The standard InChI is InChI=1S/2C6H4FTe.Cd/c2*7-5-1-3-6(8)4-2-5;/h2*1-4H;. The van der Waals surface area contributed by atoms with Gasteiger partial charge in [0.1, 0.15) is 0 Å². The summed E-state index contributed by atoms with van der Waals surface area (Å²) in [5.41, 5.74) is 0. The molecule has 0 aliphatic carbocycles. The Kier molecular flexibility index (Phi) is 10.2. The van der Waals surface area contributed by atoms with Gasteiger partial charge in [0.05, 0.1) is 0 Å². The van der Waals surface area contributed by atoms with Crippen molar-refractivity contribution in [1.29, 1.82) is 0 Å². The van der Waals surface area contributed by atoms with Gasteiger partial charge in [-0.3, -0.25) is 0 Å². The predicted octanol–water partition coefficient (Wildman–Crippen LogP) is 1.24. The fourth-order valence-corrected chi connectivity index (χ4v) is 1.65. The molecule has 2 aromatic rings. The Balaban J connectivity index is 0.000000284. The van der Waals surface area contributed by atoms with Gasteiger partial charge in [-0.25, -0.2) is 0 Å². The molecule has 0 atom stereocenters. The Morgan fingerprint density at radius 2 is 0.824 bits per heavy atom. The van der Waals surface area contributed by atoms with Crippen LogP contribution in [0.4, 0.5) is 8.78 Å². The first-order chi connectivity index (χ1) is 7.58. The summed E-state index contributed by atoms with van der Waals surface area (Å²) in [5.74, 6) is -0.338. The second-order valence-corrected chi connectivity index (χ2v) is 5.60. The van der Waals surface area contributed by atoms with Crippen LogP contribution in [0.3, 0.4) is 0 Å². The molecule has 0 heterocycles. The van der Waals surface area contributed by atoms with E-state index in [1.54, 1.807) is 24.3 Å². The molecule has 2 aromatic carbocycles. The molecular weight excluding hydrogens is 550 g/mol. The molecule has 84 valence electrons. The van der Waals surface area contributed by atoms with Crippen LogP contribution in [0.5, 0.6) is 0 Å². The van der Waals surface area contributed by atoms with Crippen LogP contribution in [0, 0.1) is 11.6 Å². The summed E-state index contributed by atoms with van der Waals surface area (Å²) in [7, 11) is 0. The van der Waals surface area contributed by atoms with Crippen molar-refractivity contribution in [2.45, 2.75) is 0 Å². The fourth-order valence-electron chi connectivity index (χ4n) is 0.869. The molecule has 2 radical (unpaired) electrons. The van der Waals surface area contributed by atoms with Crippen LogP contribution in [-0.4, -0.2) is 44.6 Å². The first kappa shape index (κ1) is 17.8. The van der Waals surface area contributed by atoms with Crippen LogP contribution >= 0.6 is 0 Å². The zero-order chi connectivity index (χ0) is 12.0. The van der Waals surface area contributed by atoms with Crippen LogP contribution in [-0.2, 0) is 27.3 Å². The van der Waals surface area contributed by atoms with E-state index in [1.807, 2.05) is 44.6 Å². The van der Waals surface area contributed by atoms with Crippen molar-refractivity contribution in [3.63, 3.8) is 0 Å². The van der Waals surface area contributed by atoms with Crippen molar-refractivity contribution in [2.24, 2.45) is 0 Å². The van der Waals surface area contributed by atoms with Gasteiger partial charge in [-0.05, 0) is 0 Å². The molecule has 0 spiro atoms. The van der Waals surface area contributed by atoms with E-state index in [9.17, 15) is 8.78 Å². The summed E-state index contributed by atoms with van der Waals surface area (Å²) in [6.07, 6.45) is 0. The molecule has 0 bridgehead atoms. The summed E-state index contributed by atoms with van der Waals surface area (Å²) in [6, 6.07) is 12.8. The van der Waals surface area contributed by atoms with E-state index >= 15 is 0 Å². The smallest absolute Gasteiger partial charge is 0 e. The monoisotopic (exact) mass is 564 g/mol. The third-order valence-corrected chi connectivity index (χ3v) is 3.18. The molecule has 0 unspecified atom stereocenters. The maximum atomic E-state index is 12.1. The van der Waals surface area contributed by atoms with E-state index in [-0.39, 0.29) is 38.9 Å². The Hall–Kier alpha value is 0.801. The fraction of sp³-hybridized carbons (Fsp3) is 0. The Morgan fingerprint density at radius 1 is 0.588 bits per heavy atom. The molecular formula is C12H8CdF2Te2. The molecule has 0 amide bonds. The van der Waals surface area contributed by atoms with Gasteiger partial charge in [0.15, 0.2) is 0 Å². The zero-order valence-electron chi connectivity index (χ0n) is 8.90. The number of benzene rings is 2. The minimum Gasteiger partial charge on any atom is 0 e. The molecule has 0 fully saturated rings. The van der Waals surface area contributed by atoms with Gasteiger partial charge >= 0.3 is 121 Å². The van der Waals surface area contributed by atoms with E-state index in [4.69, 9.17) is 0 Å². The van der Waals surface area contributed by atoms with E-state index in [1.165, 1.54) is 24.3 Å². The number of rotatable bonds is 0. The molecule has 2 rings (SSSR count). The van der Waals surface area contributed by atoms with Crippen molar-refractivity contribution in [3.8, 4) is 0 Å².